The molecule has 1 fully saturated rings. The van der Waals surface area contributed by atoms with Crippen molar-refractivity contribution in [2.24, 2.45) is 11.3 Å². The van der Waals surface area contributed by atoms with Gasteiger partial charge in [-0.1, -0.05) is 19.4 Å². The summed E-state index contributed by atoms with van der Waals surface area (Å²) in [6.07, 6.45) is 3.45. The Kier molecular flexibility index (Phi) is 3.19. The van der Waals surface area contributed by atoms with E-state index >= 15 is 0 Å². The molecule has 1 atom stereocenters. The van der Waals surface area contributed by atoms with Gasteiger partial charge in [0.05, 0.1) is 6.07 Å². The summed E-state index contributed by atoms with van der Waals surface area (Å²) in [7, 11) is 0. The molecule has 1 saturated carbocycles. The first-order valence-electron chi connectivity index (χ1n) is 4.77. The van der Waals surface area contributed by atoms with Gasteiger partial charge >= 0.3 is 0 Å². The van der Waals surface area contributed by atoms with Crippen LogP contribution in [0.15, 0.2) is 11.6 Å². The van der Waals surface area contributed by atoms with Gasteiger partial charge in [-0.05, 0) is 19.8 Å². The normalized spacial score (nSPS) is 28.3. The molecule has 0 aromatic heterocycles. The van der Waals surface area contributed by atoms with E-state index in [2.05, 4.69) is 13.8 Å². The summed E-state index contributed by atoms with van der Waals surface area (Å²) in [5.41, 5.74) is 1.11. The van der Waals surface area contributed by atoms with Crippen LogP contribution in [0.2, 0.25) is 0 Å². The lowest BCUT2D eigenvalue weighted by atomic mass is 10.0. The Labute approximate surface area is 95.7 Å². The molecule has 0 aromatic rings. The van der Waals surface area contributed by atoms with E-state index in [1.54, 1.807) is 6.08 Å². The first kappa shape index (κ1) is 11.9. The van der Waals surface area contributed by atoms with Crippen molar-refractivity contribution in [3.05, 3.63) is 11.6 Å². The summed E-state index contributed by atoms with van der Waals surface area (Å²) < 4.78 is -0.570. The minimum absolute atomic E-state index is 0.0169. The Morgan fingerprint density at radius 3 is 2.36 bits per heavy atom. The van der Waals surface area contributed by atoms with Gasteiger partial charge in [0.15, 0.2) is 0 Å². The van der Waals surface area contributed by atoms with E-state index in [9.17, 15) is 0 Å². The summed E-state index contributed by atoms with van der Waals surface area (Å²) in [6.45, 7) is 6.13. The molecule has 0 aliphatic heterocycles. The monoisotopic (exact) mass is 231 g/mol. The van der Waals surface area contributed by atoms with Crippen LogP contribution in [0, 0.1) is 22.7 Å². The largest absolute Gasteiger partial charge is 0.193 e. The predicted octanol–water partition coefficient (Wildman–Crippen LogP) is 4.07. The molecule has 0 aromatic carbocycles. The van der Waals surface area contributed by atoms with Crippen molar-refractivity contribution in [3.63, 3.8) is 0 Å². The molecule has 78 valence electrons. The molecule has 3 heteroatoms. The number of hydrogen-bond acceptors (Lipinski definition) is 1. The summed E-state index contributed by atoms with van der Waals surface area (Å²) in [5.74, 6) is 0.348. The number of rotatable bonds is 3. The van der Waals surface area contributed by atoms with E-state index < -0.39 is 4.33 Å². The van der Waals surface area contributed by atoms with Crippen molar-refractivity contribution < 1.29 is 0 Å². The number of allylic oxidation sites excluding steroid dienone is 2. The highest BCUT2D eigenvalue weighted by atomic mass is 35.5. The molecule has 0 N–H and O–H groups in total. The van der Waals surface area contributed by atoms with Crippen LogP contribution in [0.4, 0.5) is 0 Å². The van der Waals surface area contributed by atoms with Crippen LogP contribution in [0.3, 0.4) is 0 Å². The van der Waals surface area contributed by atoms with Gasteiger partial charge in [0.1, 0.15) is 4.33 Å². The van der Waals surface area contributed by atoms with E-state index in [1.807, 2.05) is 13.0 Å². The molecule has 1 rings (SSSR count). The molecular weight excluding hydrogens is 217 g/mol. The Hall–Kier alpha value is -0.190. The molecule has 1 aliphatic rings. The third kappa shape index (κ3) is 1.92. The lowest BCUT2D eigenvalue weighted by Gasteiger charge is -2.00. The first-order chi connectivity index (χ1) is 6.34. The second-order valence-electron chi connectivity index (χ2n) is 4.56. The molecular formula is C11H15Cl2N. The van der Waals surface area contributed by atoms with E-state index in [0.717, 1.165) is 18.4 Å². The third-order valence-electron chi connectivity index (χ3n) is 3.22. The standard InChI is InChI=1S/C11H15Cl2N/c1-8(6-7-14)4-5-9-10(2,3)11(9,12)13/h6,9H,4-5H2,1-3H3. The lowest BCUT2D eigenvalue weighted by Crippen LogP contribution is -1.96. The smallest absolute Gasteiger partial charge is 0.127 e. The molecule has 0 saturated heterocycles. The fourth-order valence-electron chi connectivity index (χ4n) is 1.85. The Bertz CT molecular complexity index is 283. The van der Waals surface area contributed by atoms with Crippen molar-refractivity contribution in [2.45, 2.75) is 37.9 Å². The quantitative estimate of drug-likeness (QED) is 0.531. The maximum absolute atomic E-state index is 8.44. The average Bonchev–Trinajstić information content (AvgIpc) is 2.41. The summed E-state index contributed by atoms with van der Waals surface area (Å²) in [5, 5.41) is 8.44. The molecule has 14 heavy (non-hydrogen) atoms. The highest BCUT2D eigenvalue weighted by Gasteiger charge is 2.69. The van der Waals surface area contributed by atoms with Crippen molar-refractivity contribution in [2.75, 3.05) is 0 Å². The van der Waals surface area contributed by atoms with Gasteiger partial charge in [-0.2, -0.15) is 5.26 Å². The highest BCUT2D eigenvalue weighted by Crippen LogP contribution is 2.70. The van der Waals surface area contributed by atoms with Crippen LogP contribution in [0.1, 0.15) is 33.6 Å². The fraction of sp³-hybridized carbons (Fsp3) is 0.727. The predicted molar refractivity (Wildman–Crippen MR) is 60.3 cm³/mol. The van der Waals surface area contributed by atoms with E-state index in [4.69, 9.17) is 28.5 Å². The van der Waals surface area contributed by atoms with Crippen LogP contribution >= 0.6 is 23.2 Å². The summed E-state index contributed by atoms with van der Waals surface area (Å²) >= 11 is 12.3. The topological polar surface area (TPSA) is 23.8 Å². The van der Waals surface area contributed by atoms with E-state index in [-0.39, 0.29) is 5.41 Å². The zero-order valence-electron chi connectivity index (χ0n) is 8.77. The second-order valence-corrected chi connectivity index (χ2v) is 5.94. The van der Waals surface area contributed by atoms with Crippen LogP contribution in [-0.2, 0) is 0 Å². The van der Waals surface area contributed by atoms with Gasteiger partial charge < -0.3 is 0 Å². The molecule has 1 aliphatic carbocycles. The van der Waals surface area contributed by atoms with Gasteiger partial charge in [-0.25, -0.2) is 0 Å². The minimum Gasteiger partial charge on any atom is -0.193 e. The number of alkyl halides is 2. The fourth-order valence-corrected chi connectivity index (χ4v) is 2.77. The summed E-state index contributed by atoms with van der Waals surface area (Å²) in [4.78, 5) is 0. The van der Waals surface area contributed by atoms with Gasteiger partial charge in [-0.3, -0.25) is 0 Å². The molecule has 1 nitrogen and oxygen atoms in total. The van der Waals surface area contributed by atoms with Crippen molar-refractivity contribution in [3.8, 4) is 6.07 Å². The zero-order chi connectivity index (χ0) is 11.0. The molecule has 0 bridgehead atoms. The first-order valence-corrected chi connectivity index (χ1v) is 5.52. The third-order valence-corrected chi connectivity index (χ3v) is 4.72. The number of nitrogens with zero attached hydrogens (tertiary/aromatic N) is 1. The van der Waals surface area contributed by atoms with Crippen molar-refractivity contribution in [1.82, 2.24) is 0 Å². The number of nitriles is 1. The number of halogens is 2. The maximum atomic E-state index is 8.44. The van der Waals surface area contributed by atoms with E-state index in [1.165, 1.54) is 0 Å². The van der Waals surface area contributed by atoms with Crippen LogP contribution in [0.5, 0.6) is 0 Å². The number of hydrogen-bond donors (Lipinski definition) is 0. The zero-order valence-corrected chi connectivity index (χ0v) is 10.3. The van der Waals surface area contributed by atoms with E-state index in [0.29, 0.717) is 5.92 Å². The van der Waals surface area contributed by atoms with Crippen molar-refractivity contribution in [1.29, 1.82) is 5.26 Å². The molecule has 0 heterocycles. The van der Waals surface area contributed by atoms with Crippen LogP contribution in [-0.4, -0.2) is 4.33 Å². The summed E-state index contributed by atoms with van der Waals surface area (Å²) in [6, 6.07) is 2.03. The molecule has 0 amide bonds. The van der Waals surface area contributed by atoms with Gasteiger partial charge in [0.2, 0.25) is 0 Å². The van der Waals surface area contributed by atoms with Crippen molar-refractivity contribution >= 4 is 23.2 Å². The van der Waals surface area contributed by atoms with Crippen LogP contribution < -0.4 is 0 Å². The van der Waals surface area contributed by atoms with Crippen LogP contribution in [0.25, 0.3) is 0 Å². The molecule has 1 unspecified atom stereocenters. The maximum Gasteiger partial charge on any atom is 0.127 e. The SMILES string of the molecule is CC(=CC#N)CCC1C(C)(C)C1(Cl)Cl. The van der Waals surface area contributed by atoms with Gasteiger partial charge in [0, 0.05) is 17.4 Å². The Morgan fingerprint density at radius 1 is 1.50 bits per heavy atom. The Balaban J connectivity index is 2.44. The second kappa shape index (κ2) is 3.76. The molecule has 0 radical (unpaired) electrons. The van der Waals surface area contributed by atoms with Gasteiger partial charge in [-0.15, -0.1) is 23.2 Å². The lowest BCUT2D eigenvalue weighted by molar-refractivity contribution is 0.531. The minimum atomic E-state index is -0.570. The van der Waals surface area contributed by atoms with Gasteiger partial charge in [0.25, 0.3) is 0 Å². The molecule has 0 spiro atoms. The average molecular weight is 232 g/mol. The highest BCUT2D eigenvalue weighted by molar-refractivity contribution is 6.51. The Morgan fingerprint density at radius 2 is 2.00 bits per heavy atom.